The van der Waals surface area contributed by atoms with Crippen molar-refractivity contribution in [3.63, 3.8) is 0 Å². The maximum absolute atomic E-state index is 11.9. The van der Waals surface area contributed by atoms with Crippen molar-refractivity contribution in [3.05, 3.63) is 41.7 Å². The third kappa shape index (κ3) is 3.41. The maximum Gasteiger partial charge on any atom is 0.354 e. The van der Waals surface area contributed by atoms with Crippen LogP contribution in [0.5, 0.6) is 0 Å². The Kier molecular flexibility index (Phi) is 3.98. The van der Waals surface area contributed by atoms with Crippen molar-refractivity contribution in [3.8, 4) is 0 Å². The van der Waals surface area contributed by atoms with Crippen LogP contribution in [0, 0.1) is 0 Å². The summed E-state index contributed by atoms with van der Waals surface area (Å²) in [5.41, 5.74) is 0.823. The van der Waals surface area contributed by atoms with E-state index in [9.17, 15) is 9.59 Å². The van der Waals surface area contributed by atoms with Crippen LogP contribution in [0.15, 0.2) is 30.4 Å². The summed E-state index contributed by atoms with van der Waals surface area (Å²) < 4.78 is 0. The minimum atomic E-state index is -1.15. The van der Waals surface area contributed by atoms with Gasteiger partial charge < -0.3 is 10.0 Å². The first-order valence-electron chi connectivity index (χ1n) is 5.02. The molecule has 1 N–H and O–H groups in total. The third-order valence-corrected chi connectivity index (χ3v) is 2.04. The Balaban J connectivity index is 2.92. The number of carboxylic acid groups (broad SMARTS) is 1. The molecule has 1 aromatic heterocycles. The van der Waals surface area contributed by atoms with Gasteiger partial charge in [0.15, 0.2) is 0 Å². The molecule has 5 nitrogen and oxygen atoms in total. The van der Waals surface area contributed by atoms with Gasteiger partial charge in [0.1, 0.15) is 11.4 Å². The van der Waals surface area contributed by atoms with Crippen molar-refractivity contribution in [2.24, 2.45) is 0 Å². The van der Waals surface area contributed by atoms with Crippen LogP contribution in [-0.2, 0) is 0 Å². The van der Waals surface area contributed by atoms with E-state index in [1.807, 2.05) is 6.92 Å². The summed E-state index contributed by atoms with van der Waals surface area (Å²) in [4.78, 5) is 27.8. The largest absolute Gasteiger partial charge is 0.477 e. The Morgan fingerprint density at radius 3 is 2.53 bits per heavy atom. The van der Waals surface area contributed by atoms with Crippen molar-refractivity contribution in [2.45, 2.75) is 6.92 Å². The number of rotatable bonds is 4. The predicted octanol–water partition coefficient (Wildman–Crippen LogP) is 1.43. The Morgan fingerprint density at radius 2 is 2.00 bits per heavy atom. The second-order valence-corrected chi connectivity index (χ2v) is 3.83. The van der Waals surface area contributed by atoms with Gasteiger partial charge in [-0.3, -0.25) is 4.79 Å². The van der Waals surface area contributed by atoms with Gasteiger partial charge >= 0.3 is 5.97 Å². The lowest BCUT2D eigenvalue weighted by Crippen LogP contribution is -2.29. The van der Waals surface area contributed by atoms with Crippen molar-refractivity contribution in [2.75, 3.05) is 13.6 Å². The van der Waals surface area contributed by atoms with Crippen LogP contribution < -0.4 is 0 Å². The first-order chi connectivity index (χ1) is 7.91. The fourth-order valence-electron chi connectivity index (χ4n) is 1.35. The summed E-state index contributed by atoms with van der Waals surface area (Å²) in [6.45, 7) is 5.93. The molecule has 1 heterocycles. The van der Waals surface area contributed by atoms with E-state index in [4.69, 9.17) is 5.11 Å². The van der Waals surface area contributed by atoms with Crippen molar-refractivity contribution in [1.82, 2.24) is 9.88 Å². The van der Waals surface area contributed by atoms with E-state index >= 15 is 0 Å². The van der Waals surface area contributed by atoms with Crippen molar-refractivity contribution < 1.29 is 14.7 Å². The van der Waals surface area contributed by atoms with E-state index in [1.54, 1.807) is 7.05 Å². The van der Waals surface area contributed by atoms with E-state index < -0.39 is 5.97 Å². The Labute approximate surface area is 99.4 Å². The molecule has 1 aromatic rings. The van der Waals surface area contributed by atoms with Gasteiger partial charge in [0, 0.05) is 13.6 Å². The minimum Gasteiger partial charge on any atom is -0.477 e. The number of likely N-dealkylation sites (N-methyl/N-ethyl adjacent to an activating group) is 1. The highest BCUT2D eigenvalue weighted by molar-refractivity contribution is 5.94. The van der Waals surface area contributed by atoms with Gasteiger partial charge in [-0.25, -0.2) is 9.78 Å². The highest BCUT2D eigenvalue weighted by atomic mass is 16.4. The summed E-state index contributed by atoms with van der Waals surface area (Å²) in [5.74, 6) is -1.47. The van der Waals surface area contributed by atoms with Gasteiger partial charge in [-0.1, -0.05) is 18.2 Å². The number of pyridine rings is 1. The highest BCUT2D eigenvalue weighted by Crippen LogP contribution is 2.04. The van der Waals surface area contributed by atoms with Gasteiger partial charge in [0.25, 0.3) is 5.91 Å². The van der Waals surface area contributed by atoms with E-state index in [-0.39, 0.29) is 17.3 Å². The average Bonchev–Trinajstić information content (AvgIpc) is 2.27. The number of aromatic carboxylic acids is 1. The van der Waals surface area contributed by atoms with Crippen LogP contribution in [0.25, 0.3) is 0 Å². The molecule has 0 saturated carbocycles. The number of aromatic nitrogens is 1. The summed E-state index contributed by atoms with van der Waals surface area (Å²) >= 11 is 0. The summed E-state index contributed by atoms with van der Waals surface area (Å²) in [5, 5.41) is 8.77. The molecule has 0 atom stereocenters. The van der Waals surface area contributed by atoms with Crippen LogP contribution in [0.3, 0.4) is 0 Å². The highest BCUT2D eigenvalue weighted by Gasteiger charge is 2.15. The van der Waals surface area contributed by atoms with Gasteiger partial charge in [0.2, 0.25) is 0 Å². The summed E-state index contributed by atoms with van der Waals surface area (Å²) in [6.07, 6.45) is 0. The molecule has 0 aliphatic rings. The summed E-state index contributed by atoms with van der Waals surface area (Å²) in [7, 11) is 1.62. The molecule has 0 fully saturated rings. The number of carbonyl (C=O) groups excluding carboxylic acids is 1. The zero-order chi connectivity index (χ0) is 13.0. The minimum absolute atomic E-state index is 0.119. The van der Waals surface area contributed by atoms with E-state index in [0.29, 0.717) is 6.54 Å². The predicted molar refractivity (Wildman–Crippen MR) is 63.0 cm³/mol. The number of carbonyl (C=O) groups is 2. The third-order valence-electron chi connectivity index (χ3n) is 2.04. The number of amides is 1. The molecule has 90 valence electrons. The number of carboxylic acids is 1. The van der Waals surface area contributed by atoms with Crippen LogP contribution in [0.4, 0.5) is 0 Å². The fourth-order valence-corrected chi connectivity index (χ4v) is 1.35. The normalized spacial score (nSPS) is 9.76. The van der Waals surface area contributed by atoms with Gasteiger partial charge in [0.05, 0.1) is 0 Å². The van der Waals surface area contributed by atoms with Crippen LogP contribution in [0.2, 0.25) is 0 Å². The first-order valence-corrected chi connectivity index (χ1v) is 5.02. The molecule has 0 saturated heterocycles. The molecule has 0 aromatic carbocycles. The molecule has 1 amide bonds. The standard InChI is InChI=1S/C12H14N2O3/c1-8(2)7-14(3)11(15)9-5-4-6-10(13-9)12(16)17/h4-6H,1,7H2,2-3H3,(H,16,17). The number of nitrogens with zero attached hydrogens (tertiary/aromatic N) is 2. The molecule has 0 radical (unpaired) electrons. The number of hydrogen-bond donors (Lipinski definition) is 1. The average molecular weight is 234 g/mol. The van der Waals surface area contributed by atoms with Crippen LogP contribution in [0.1, 0.15) is 27.9 Å². The molecule has 17 heavy (non-hydrogen) atoms. The Morgan fingerprint density at radius 1 is 1.41 bits per heavy atom. The first kappa shape index (κ1) is 12.9. The Hall–Kier alpha value is -2.17. The zero-order valence-corrected chi connectivity index (χ0v) is 9.80. The quantitative estimate of drug-likeness (QED) is 0.800. The molecular weight excluding hydrogens is 220 g/mol. The topological polar surface area (TPSA) is 70.5 Å². The smallest absolute Gasteiger partial charge is 0.354 e. The molecule has 0 unspecified atom stereocenters. The Bertz CT molecular complexity index is 469. The van der Waals surface area contributed by atoms with Crippen molar-refractivity contribution in [1.29, 1.82) is 0 Å². The van der Waals surface area contributed by atoms with Gasteiger partial charge in [-0.2, -0.15) is 0 Å². The van der Waals surface area contributed by atoms with Crippen LogP contribution >= 0.6 is 0 Å². The monoisotopic (exact) mass is 234 g/mol. The maximum atomic E-state index is 11.9. The molecular formula is C12H14N2O3. The molecule has 0 aliphatic carbocycles. The molecule has 0 spiro atoms. The molecule has 1 rings (SSSR count). The van der Waals surface area contributed by atoms with Gasteiger partial charge in [-0.15, -0.1) is 0 Å². The molecule has 0 bridgehead atoms. The second kappa shape index (κ2) is 5.25. The molecule has 5 heteroatoms. The lowest BCUT2D eigenvalue weighted by Gasteiger charge is -2.16. The number of hydrogen-bond acceptors (Lipinski definition) is 3. The van der Waals surface area contributed by atoms with Crippen LogP contribution in [-0.4, -0.2) is 40.5 Å². The fraction of sp³-hybridized carbons (Fsp3) is 0.250. The molecule has 0 aliphatic heterocycles. The van der Waals surface area contributed by atoms with E-state index in [2.05, 4.69) is 11.6 Å². The zero-order valence-electron chi connectivity index (χ0n) is 9.80. The van der Waals surface area contributed by atoms with E-state index in [1.165, 1.54) is 23.1 Å². The lowest BCUT2D eigenvalue weighted by atomic mass is 10.2. The van der Waals surface area contributed by atoms with Gasteiger partial charge in [-0.05, 0) is 19.1 Å². The lowest BCUT2D eigenvalue weighted by molar-refractivity contribution is 0.0690. The van der Waals surface area contributed by atoms with Crippen molar-refractivity contribution >= 4 is 11.9 Å². The second-order valence-electron chi connectivity index (χ2n) is 3.83. The summed E-state index contributed by atoms with van der Waals surface area (Å²) in [6, 6.07) is 4.33. The van der Waals surface area contributed by atoms with E-state index in [0.717, 1.165) is 5.57 Å². The SMILES string of the molecule is C=C(C)CN(C)C(=O)c1cccc(C(=O)O)n1.